The average Bonchev–Trinajstić information content (AvgIpc) is 2.47. The van der Waals surface area contributed by atoms with Crippen LogP contribution in [-0.2, 0) is 21.2 Å². The van der Waals surface area contributed by atoms with E-state index in [9.17, 15) is 13.2 Å². The van der Waals surface area contributed by atoms with Gasteiger partial charge in [-0.3, -0.25) is 9.52 Å². The molecular formula is C14H15BrN4O3S. The van der Waals surface area contributed by atoms with E-state index in [4.69, 9.17) is 5.73 Å². The van der Waals surface area contributed by atoms with Gasteiger partial charge in [0, 0.05) is 18.0 Å². The van der Waals surface area contributed by atoms with E-state index in [0.717, 1.165) is 21.9 Å². The first kappa shape index (κ1) is 17.5. The topological polar surface area (TPSA) is 115 Å². The third-order valence-electron chi connectivity index (χ3n) is 2.91. The quantitative estimate of drug-likeness (QED) is 0.771. The zero-order chi connectivity index (χ0) is 17.0. The summed E-state index contributed by atoms with van der Waals surface area (Å²) in [6, 6.07) is 6.29. The van der Waals surface area contributed by atoms with Crippen LogP contribution >= 0.6 is 15.9 Å². The van der Waals surface area contributed by atoms with Crippen LogP contribution in [0.25, 0.3) is 11.4 Å². The Morgan fingerprint density at radius 3 is 2.35 bits per heavy atom. The molecule has 23 heavy (non-hydrogen) atoms. The van der Waals surface area contributed by atoms with Gasteiger partial charge in [0.15, 0.2) is 5.82 Å². The van der Waals surface area contributed by atoms with E-state index in [0.29, 0.717) is 5.82 Å². The van der Waals surface area contributed by atoms with Crippen LogP contribution in [0.4, 0.5) is 0 Å². The van der Waals surface area contributed by atoms with E-state index in [1.807, 2.05) is 16.9 Å². The van der Waals surface area contributed by atoms with Crippen LogP contribution in [0, 0.1) is 0 Å². The van der Waals surface area contributed by atoms with Crippen molar-refractivity contribution in [1.82, 2.24) is 14.7 Å². The smallest absolute Gasteiger partial charge is 0.250 e. The average molecular weight is 399 g/mol. The largest absolute Gasteiger partial charge is 0.320 e. The van der Waals surface area contributed by atoms with E-state index in [2.05, 4.69) is 25.9 Å². The number of nitrogens with one attached hydrogen (secondary N) is 1. The number of carbonyl (C=O) groups excluding carboxylic acids is 1. The number of hydrogen-bond acceptors (Lipinski definition) is 6. The lowest BCUT2D eigenvalue weighted by Crippen LogP contribution is -2.44. The molecule has 3 N–H and O–H groups in total. The van der Waals surface area contributed by atoms with Crippen LogP contribution in [0.2, 0.25) is 0 Å². The number of benzene rings is 1. The molecular weight excluding hydrogens is 384 g/mol. The van der Waals surface area contributed by atoms with Crippen molar-refractivity contribution in [2.24, 2.45) is 5.73 Å². The Hall–Kier alpha value is -1.84. The third-order valence-corrected chi connectivity index (χ3v) is 3.89. The van der Waals surface area contributed by atoms with Gasteiger partial charge in [0.2, 0.25) is 10.0 Å². The highest BCUT2D eigenvalue weighted by Gasteiger charge is 2.17. The summed E-state index contributed by atoms with van der Waals surface area (Å²) in [5.41, 5.74) is 7.35. The van der Waals surface area contributed by atoms with Crippen molar-refractivity contribution >= 4 is 31.9 Å². The molecule has 0 saturated carbocycles. The van der Waals surface area contributed by atoms with E-state index < -0.39 is 22.0 Å². The van der Waals surface area contributed by atoms with E-state index in [1.165, 1.54) is 0 Å². The minimum absolute atomic E-state index is 0.225. The zero-order valence-electron chi connectivity index (χ0n) is 12.2. The Morgan fingerprint density at radius 2 is 1.83 bits per heavy atom. The second-order valence-corrected chi connectivity index (χ2v) is 7.64. The molecule has 2 rings (SSSR count). The summed E-state index contributed by atoms with van der Waals surface area (Å²) in [5.74, 6) is -0.147. The van der Waals surface area contributed by atoms with Gasteiger partial charge in [-0.2, -0.15) is 0 Å². The van der Waals surface area contributed by atoms with Crippen LogP contribution in [0.1, 0.15) is 5.56 Å². The maximum Gasteiger partial charge on any atom is 0.250 e. The van der Waals surface area contributed by atoms with Gasteiger partial charge in [0.05, 0.1) is 16.8 Å². The van der Waals surface area contributed by atoms with Gasteiger partial charge in [0.1, 0.15) is 0 Å². The van der Waals surface area contributed by atoms with Gasteiger partial charge in [-0.25, -0.2) is 18.4 Å². The standard InChI is InChI=1S/C14H15BrN4O3S/c1-23(21,22)19-14(20)12(16)6-9-2-4-10(5-3-9)13-17-7-11(15)8-18-13/h2-5,7-8,12H,6,16H2,1H3,(H,19,20)/t12-/m0/s1. The molecule has 9 heteroatoms. The number of sulfonamides is 1. The summed E-state index contributed by atoms with van der Waals surface area (Å²) in [5, 5.41) is 0. The minimum Gasteiger partial charge on any atom is -0.320 e. The van der Waals surface area contributed by atoms with Gasteiger partial charge < -0.3 is 5.73 Å². The summed E-state index contributed by atoms with van der Waals surface area (Å²) in [7, 11) is -3.61. The second-order valence-electron chi connectivity index (χ2n) is 4.97. The number of rotatable bonds is 5. The maximum atomic E-state index is 11.6. The highest BCUT2D eigenvalue weighted by molar-refractivity contribution is 9.10. The SMILES string of the molecule is CS(=O)(=O)NC(=O)[C@@H](N)Cc1ccc(-c2ncc(Br)cn2)cc1. The number of hydrogen-bond donors (Lipinski definition) is 2. The maximum absolute atomic E-state index is 11.6. The molecule has 0 fully saturated rings. The molecule has 1 amide bonds. The van der Waals surface area contributed by atoms with Gasteiger partial charge in [0.25, 0.3) is 5.91 Å². The Bertz CT molecular complexity index is 792. The Labute approximate surface area is 142 Å². The Balaban J connectivity index is 2.05. The van der Waals surface area contributed by atoms with Crippen molar-refractivity contribution < 1.29 is 13.2 Å². The van der Waals surface area contributed by atoms with Crippen LogP contribution in [0.5, 0.6) is 0 Å². The Kier molecular flexibility index (Phi) is 5.45. The molecule has 0 aliphatic carbocycles. The zero-order valence-corrected chi connectivity index (χ0v) is 14.6. The molecule has 122 valence electrons. The normalized spacial score (nSPS) is 12.7. The molecule has 0 aliphatic rings. The van der Waals surface area contributed by atoms with Crippen LogP contribution in [0.3, 0.4) is 0 Å². The summed E-state index contributed by atoms with van der Waals surface area (Å²) in [6.07, 6.45) is 4.44. The van der Waals surface area contributed by atoms with Crippen LogP contribution in [-0.4, -0.2) is 36.6 Å². The molecule has 0 bridgehead atoms. The summed E-state index contributed by atoms with van der Waals surface area (Å²) < 4.78 is 24.7. The first-order valence-electron chi connectivity index (χ1n) is 6.58. The van der Waals surface area contributed by atoms with Crippen molar-refractivity contribution in [2.75, 3.05) is 6.26 Å². The van der Waals surface area contributed by atoms with Gasteiger partial charge in [-0.05, 0) is 27.9 Å². The van der Waals surface area contributed by atoms with Gasteiger partial charge in [-0.15, -0.1) is 0 Å². The lowest BCUT2D eigenvalue weighted by Gasteiger charge is -2.11. The van der Waals surface area contributed by atoms with E-state index in [1.54, 1.807) is 24.5 Å². The fourth-order valence-electron chi connectivity index (χ4n) is 1.86. The summed E-state index contributed by atoms with van der Waals surface area (Å²) in [4.78, 5) is 20.0. The summed E-state index contributed by atoms with van der Waals surface area (Å²) in [6.45, 7) is 0. The molecule has 0 aliphatic heterocycles. The molecule has 2 aromatic rings. The van der Waals surface area contributed by atoms with Crippen molar-refractivity contribution in [2.45, 2.75) is 12.5 Å². The summed E-state index contributed by atoms with van der Waals surface area (Å²) >= 11 is 3.27. The lowest BCUT2D eigenvalue weighted by atomic mass is 10.0. The third kappa shape index (κ3) is 5.38. The second kappa shape index (κ2) is 7.16. The minimum atomic E-state index is -3.61. The number of carbonyl (C=O) groups is 1. The number of halogens is 1. The first-order chi connectivity index (χ1) is 10.7. The number of nitrogens with two attached hydrogens (primary N) is 1. The fraction of sp³-hybridized carbons (Fsp3) is 0.214. The highest BCUT2D eigenvalue weighted by atomic mass is 79.9. The highest BCUT2D eigenvalue weighted by Crippen LogP contribution is 2.17. The number of aromatic nitrogens is 2. The first-order valence-corrected chi connectivity index (χ1v) is 9.27. The molecule has 0 saturated heterocycles. The molecule has 0 radical (unpaired) electrons. The molecule has 1 heterocycles. The van der Waals surface area contributed by atoms with Crippen LogP contribution < -0.4 is 10.5 Å². The Morgan fingerprint density at radius 1 is 1.26 bits per heavy atom. The molecule has 7 nitrogen and oxygen atoms in total. The molecule has 1 aromatic heterocycles. The van der Waals surface area contributed by atoms with Gasteiger partial charge in [-0.1, -0.05) is 24.3 Å². The fourth-order valence-corrected chi connectivity index (χ4v) is 2.58. The molecule has 1 aromatic carbocycles. The molecule has 0 spiro atoms. The van der Waals surface area contributed by atoms with Gasteiger partial charge >= 0.3 is 0 Å². The monoisotopic (exact) mass is 398 g/mol. The molecule has 1 atom stereocenters. The van der Waals surface area contributed by atoms with E-state index in [-0.39, 0.29) is 6.42 Å². The predicted octanol–water partition coefficient (Wildman–Crippen LogP) is 0.852. The van der Waals surface area contributed by atoms with E-state index >= 15 is 0 Å². The predicted molar refractivity (Wildman–Crippen MR) is 89.8 cm³/mol. The van der Waals surface area contributed by atoms with Crippen molar-refractivity contribution in [1.29, 1.82) is 0 Å². The lowest BCUT2D eigenvalue weighted by molar-refractivity contribution is -0.120. The number of nitrogens with zero attached hydrogens (tertiary/aromatic N) is 2. The van der Waals surface area contributed by atoms with Crippen molar-refractivity contribution in [3.63, 3.8) is 0 Å². The number of amides is 1. The van der Waals surface area contributed by atoms with Crippen molar-refractivity contribution in [3.05, 3.63) is 46.7 Å². The molecule has 0 unspecified atom stereocenters. The van der Waals surface area contributed by atoms with Crippen LogP contribution in [0.15, 0.2) is 41.1 Å². The van der Waals surface area contributed by atoms with Crippen molar-refractivity contribution in [3.8, 4) is 11.4 Å².